The average Bonchev–Trinajstić information content (AvgIpc) is 3.04. The zero-order valence-corrected chi connectivity index (χ0v) is 13.7. The highest BCUT2D eigenvalue weighted by atomic mass is 35.5. The molecular formula is C14H13ClF3NO4S. The van der Waals surface area contributed by atoms with E-state index in [1.54, 1.807) is 0 Å². The number of carbonyl (C=O) groups is 1. The first-order valence-corrected chi connectivity index (χ1v) is 8.99. The molecule has 0 aliphatic carbocycles. The average molecular weight is 384 g/mol. The highest BCUT2D eigenvalue weighted by Crippen LogP contribution is 2.47. The topological polar surface area (TPSA) is 74.7 Å². The Balaban J connectivity index is 2.13. The molecule has 2 aliphatic heterocycles. The van der Waals surface area contributed by atoms with E-state index in [1.807, 2.05) is 0 Å². The first kappa shape index (κ1) is 17.5. The molecule has 132 valence electrons. The summed E-state index contributed by atoms with van der Waals surface area (Å²) in [5.74, 6) is -2.05. The normalized spacial score (nSPS) is 27.6. The number of fused-ring (bicyclic) bond motifs is 2. The number of carboxylic acid groups (broad SMARTS) is 1. The van der Waals surface area contributed by atoms with Gasteiger partial charge in [-0.25, -0.2) is 8.42 Å². The van der Waals surface area contributed by atoms with Crippen LogP contribution in [0.25, 0.3) is 0 Å². The Bertz CT molecular complexity index is 796. The lowest BCUT2D eigenvalue weighted by atomic mass is 9.89. The summed E-state index contributed by atoms with van der Waals surface area (Å²) in [5, 5.41) is 8.68. The van der Waals surface area contributed by atoms with Crippen LogP contribution in [0.2, 0.25) is 5.02 Å². The number of aliphatic carboxylic acids is 1. The Hall–Kier alpha value is -1.32. The van der Waals surface area contributed by atoms with Gasteiger partial charge < -0.3 is 5.11 Å². The van der Waals surface area contributed by atoms with Crippen LogP contribution >= 0.6 is 11.6 Å². The van der Waals surface area contributed by atoms with E-state index >= 15 is 0 Å². The van der Waals surface area contributed by atoms with Gasteiger partial charge >= 0.3 is 12.1 Å². The zero-order chi connectivity index (χ0) is 17.9. The Morgan fingerprint density at radius 2 is 1.96 bits per heavy atom. The highest BCUT2D eigenvalue weighted by Gasteiger charge is 2.55. The maximum atomic E-state index is 13.2. The lowest BCUT2D eigenvalue weighted by Gasteiger charge is -2.25. The molecule has 1 aromatic carbocycles. The molecule has 5 nitrogen and oxygen atoms in total. The molecule has 3 unspecified atom stereocenters. The first-order valence-electron chi connectivity index (χ1n) is 7.17. The van der Waals surface area contributed by atoms with Crippen molar-refractivity contribution in [3.63, 3.8) is 0 Å². The number of halogens is 4. The fourth-order valence-corrected chi connectivity index (χ4v) is 6.33. The summed E-state index contributed by atoms with van der Waals surface area (Å²) in [7, 11) is -4.57. The van der Waals surface area contributed by atoms with Gasteiger partial charge in [0, 0.05) is 12.1 Å². The number of nitrogens with zero attached hydrogens (tertiary/aromatic N) is 1. The number of carboxylic acids is 1. The molecule has 3 atom stereocenters. The summed E-state index contributed by atoms with van der Waals surface area (Å²) in [5.41, 5.74) is -1.34. The Morgan fingerprint density at radius 3 is 2.50 bits per heavy atom. The summed E-state index contributed by atoms with van der Waals surface area (Å²) in [6.07, 6.45) is -4.05. The lowest BCUT2D eigenvalue weighted by molar-refractivity contribution is -0.142. The fraction of sp³-hybridized carbons (Fsp3) is 0.500. The van der Waals surface area contributed by atoms with Gasteiger partial charge in [-0.05, 0) is 31.4 Å². The molecule has 2 aliphatic rings. The van der Waals surface area contributed by atoms with Crippen molar-refractivity contribution in [3.05, 3.63) is 28.8 Å². The van der Waals surface area contributed by atoms with E-state index in [1.165, 1.54) is 0 Å². The van der Waals surface area contributed by atoms with Crippen LogP contribution in [0.15, 0.2) is 23.1 Å². The lowest BCUT2D eigenvalue weighted by Crippen LogP contribution is -2.38. The molecule has 0 aromatic heterocycles. The largest absolute Gasteiger partial charge is 0.481 e. The van der Waals surface area contributed by atoms with Crippen molar-refractivity contribution >= 4 is 27.6 Å². The van der Waals surface area contributed by atoms with Crippen molar-refractivity contribution in [2.75, 3.05) is 0 Å². The Morgan fingerprint density at radius 1 is 1.29 bits per heavy atom. The van der Waals surface area contributed by atoms with Crippen LogP contribution in [0, 0.1) is 5.92 Å². The standard InChI is InChI=1S/C14H13ClF3NO4S/c15-10-3-1-2-9(14(16,17)18)12(10)24(22,23)19-7-4-5-11(19)8(6-7)13(20)21/h1-3,7-8,11H,4-6H2,(H,20,21). The molecule has 10 heteroatoms. The number of sulfonamides is 1. The second-order valence-corrected chi connectivity index (χ2v) is 8.12. The minimum Gasteiger partial charge on any atom is -0.481 e. The third-order valence-electron chi connectivity index (χ3n) is 4.60. The SMILES string of the molecule is O=C(O)C1CC2CCC1N2S(=O)(=O)c1c(Cl)cccc1C(F)(F)F. The van der Waals surface area contributed by atoms with Crippen LogP contribution in [-0.2, 0) is 21.0 Å². The maximum Gasteiger partial charge on any atom is 0.417 e. The second-order valence-electron chi connectivity index (χ2n) is 5.93. The molecule has 0 spiro atoms. The van der Waals surface area contributed by atoms with Crippen LogP contribution in [0.4, 0.5) is 13.2 Å². The molecule has 3 rings (SSSR count). The first-order chi connectivity index (χ1) is 11.0. The maximum absolute atomic E-state index is 13.2. The van der Waals surface area contributed by atoms with Gasteiger partial charge in [-0.15, -0.1) is 0 Å². The van der Waals surface area contributed by atoms with Crippen molar-refractivity contribution < 1.29 is 31.5 Å². The van der Waals surface area contributed by atoms with Crippen LogP contribution in [0.1, 0.15) is 24.8 Å². The molecule has 0 radical (unpaired) electrons. The highest BCUT2D eigenvalue weighted by molar-refractivity contribution is 7.89. The zero-order valence-electron chi connectivity index (χ0n) is 12.1. The molecule has 0 amide bonds. The van der Waals surface area contributed by atoms with E-state index in [0.29, 0.717) is 18.9 Å². The van der Waals surface area contributed by atoms with Crippen molar-refractivity contribution in [2.24, 2.45) is 5.92 Å². The summed E-state index contributed by atoms with van der Waals surface area (Å²) in [4.78, 5) is 10.3. The molecule has 2 fully saturated rings. The van der Waals surface area contributed by atoms with Gasteiger partial charge in [0.05, 0.1) is 16.5 Å². The Kier molecular flexibility index (Phi) is 4.09. The van der Waals surface area contributed by atoms with Crippen molar-refractivity contribution in [1.82, 2.24) is 4.31 Å². The third-order valence-corrected chi connectivity index (χ3v) is 7.10. The van der Waals surface area contributed by atoms with E-state index < -0.39 is 55.7 Å². The fourth-order valence-electron chi connectivity index (χ4n) is 3.68. The number of rotatable bonds is 3. The molecule has 1 N–H and O–H groups in total. The van der Waals surface area contributed by atoms with Gasteiger partial charge in [0.1, 0.15) is 4.90 Å². The summed E-state index contributed by atoms with van der Waals surface area (Å²) in [6.45, 7) is 0. The number of alkyl halides is 3. The predicted octanol–water partition coefficient (Wildman–Crippen LogP) is 2.99. The third kappa shape index (κ3) is 2.58. The summed E-state index contributed by atoms with van der Waals surface area (Å²) < 4.78 is 66.4. The van der Waals surface area contributed by atoms with Gasteiger partial charge in [0.25, 0.3) is 0 Å². The number of benzene rings is 1. The molecule has 1 aromatic rings. The van der Waals surface area contributed by atoms with Crippen LogP contribution in [0.3, 0.4) is 0 Å². The smallest absolute Gasteiger partial charge is 0.417 e. The van der Waals surface area contributed by atoms with E-state index in [-0.39, 0.29) is 6.42 Å². The van der Waals surface area contributed by atoms with Crippen molar-refractivity contribution in [1.29, 1.82) is 0 Å². The quantitative estimate of drug-likeness (QED) is 0.870. The molecule has 2 heterocycles. The van der Waals surface area contributed by atoms with Crippen molar-refractivity contribution in [2.45, 2.75) is 42.4 Å². The number of hydrogen-bond donors (Lipinski definition) is 1. The Labute approximate surface area is 141 Å². The molecular weight excluding hydrogens is 371 g/mol. The van der Waals surface area contributed by atoms with Gasteiger partial charge in [-0.2, -0.15) is 17.5 Å². The van der Waals surface area contributed by atoms with E-state index in [9.17, 15) is 31.5 Å². The van der Waals surface area contributed by atoms with Gasteiger partial charge in [-0.3, -0.25) is 4.79 Å². The van der Waals surface area contributed by atoms with Crippen molar-refractivity contribution in [3.8, 4) is 0 Å². The van der Waals surface area contributed by atoms with E-state index in [2.05, 4.69) is 0 Å². The molecule has 2 bridgehead atoms. The van der Waals surface area contributed by atoms with E-state index in [4.69, 9.17) is 11.6 Å². The summed E-state index contributed by atoms with van der Waals surface area (Å²) in [6, 6.07) is 1.32. The van der Waals surface area contributed by atoms with Crippen LogP contribution < -0.4 is 0 Å². The van der Waals surface area contributed by atoms with Gasteiger partial charge in [-0.1, -0.05) is 17.7 Å². The van der Waals surface area contributed by atoms with E-state index in [0.717, 1.165) is 16.4 Å². The van der Waals surface area contributed by atoms with Crippen LogP contribution in [-0.4, -0.2) is 35.9 Å². The van der Waals surface area contributed by atoms with Crippen LogP contribution in [0.5, 0.6) is 0 Å². The molecule has 2 saturated heterocycles. The summed E-state index contributed by atoms with van der Waals surface area (Å²) >= 11 is 5.79. The second kappa shape index (κ2) is 5.60. The number of hydrogen-bond acceptors (Lipinski definition) is 3. The minimum absolute atomic E-state index is 0.102. The molecule has 24 heavy (non-hydrogen) atoms. The minimum atomic E-state index is -4.89. The molecule has 0 saturated carbocycles. The monoisotopic (exact) mass is 383 g/mol. The van der Waals surface area contributed by atoms with Gasteiger partial charge in [0.15, 0.2) is 0 Å². The predicted molar refractivity (Wildman–Crippen MR) is 78.0 cm³/mol. The van der Waals surface area contributed by atoms with Gasteiger partial charge in [0.2, 0.25) is 10.0 Å².